The van der Waals surface area contributed by atoms with Crippen LogP contribution in [0.25, 0.3) is 22.0 Å². The lowest BCUT2D eigenvalue weighted by atomic mass is 9.69. The molecule has 9 rings (SSSR count). The van der Waals surface area contributed by atoms with Crippen molar-refractivity contribution in [1.29, 1.82) is 0 Å². The summed E-state index contributed by atoms with van der Waals surface area (Å²) in [5.74, 6) is 1.54. The van der Waals surface area contributed by atoms with Crippen LogP contribution in [0.4, 0.5) is 0 Å². The number of H-pyrrole nitrogens is 1. The van der Waals surface area contributed by atoms with Gasteiger partial charge in [0.1, 0.15) is 17.5 Å². The summed E-state index contributed by atoms with van der Waals surface area (Å²) >= 11 is 0. The third kappa shape index (κ3) is 6.44. The van der Waals surface area contributed by atoms with Crippen LogP contribution in [0.3, 0.4) is 0 Å². The first-order valence-corrected chi connectivity index (χ1v) is 19.0. The van der Waals surface area contributed by atoms with Crippen molar-refractivity contribution in [1.82, 2.24) is 15.2 Å². The van der Waals surface area contributed by atoms with Crippen molar-refractivity contribution in [3.63, 3.8) is 0 Å². The Hall–Kier alpha value is -6.08. The number of piperidine rings is 1. The van der Waals surface area contributed by atoms with E-state index in [9.17, 15) is 14.7 Å². The molecule has 6 aromatic rings. The van der Waals surface area contributed by atoms with Gasteiger partial charge in [-0.15, -0.1) is 0 Å². The molecule has 3 heterocycles. The smallest absolute Gasteiger partial charge is 0.255 e. The van der Waals surface area contributed by atoms with Crippen LogP contribution in [0.1, 0.15) is 81.4 Å². The average molecular weight is 714 g/mol. The van der Waals surface area contributed by atoms with Crippen LogP contribution in [0.5, 0.6) is 11.5 Å². The van der Waals surface area contributed by atoms with Crippen molar-refractivity contribution in [3.05, 3.63) is 167 Å². The largest absolute Gasteiger partial charge is 0.508 e. The molecule has 0 unspecified atom stereocenters. The van der Waals surface area contributed by atoms with Gasteiger partial charge in [-0.2, -0.15) is 0 Å². The highest BCUT2D eigenvalue weighted by Gasteiger charge is 2.38. The van der Waals surface area contributed by atoms with Crippen LogP contribution < -0.4 is 10.1 Å². The van der Waals surface area contributed by atoms with Gasteiger partial charge in [0.25, 0.3) is 5.91 Å². The second-order valence-corrected chi connectivity index (χ2v) is 15.0. The number of aromatic nitrogens is 1. The number of allylic oxidation sites excluding steroid dienone is 1. The minimum atomic E-state index is -0.463. The summed E-state index contributed by atoms with van der Waals surface area (Å²) in [5.41, 5.74) is 11.9. The molecule has 3 atom stereocenters. The molecule has 0 bridgehead atoms. The van der Waals surface area contributed by atoms with E-state index < -0.39 is 6.04 Å². The van der Waals surface area contributed by atoms with Gasteiger partial charge in [0.15, 0.2) is 0 Å². The van der Waals surface area contributed by atoms with Crippen LogP contribution in [0.2, 0.25) is 0 Å². The molecule has 270 valence electrons. The third-order valence-electron chi connectivity index (χ3n) is 11.6. The number of rotatable bonds is 9. The Morgan fingerprint density at radius 2 is 1.61 bits per heavy atom. The monoisotopic (exact) mass is 713 g/mol. The normalized spacial score (nSPS) is 19.4. The highest BCUT2D eigenvalue weighted by atomic mass is 16.5. The van der Waals surface area contributed by atoms with E-state index >= 15 is 0 Å². The first kappa shape index (κ1) is 33.7. The van der Waals surface area contributed by atoms with E-state index in [0.717, 1.165) is 59.0 Å². The Balaban J connectivity index is 0.833. The number of carbonyl (C=O) groups is 2. The number of aryl methyl sites for hydroxylation is 2. The molecule has 5 aromatic carbocycles. The Kier molecular flexibility index (Phi) is 8.78. The topological polar surface area (TPSA) is 94.7 Å². The van der Waals surface area contributed by atoms with Crippen LogP contribution in [-0.2, 0) is 24.2 Å². The highest BCUT2D eigenvalue weighted by Crippen LogP contribution is 2.47. The third-order valence-corrected chi connectivity index (χ3v) is 11.6. The Morgan fingerprint density at radius 3 is 2.44 bits per heavy atom. The number of amides is 2. The first-order chi connectivity index (χ1) is 26.4. The summed E-state index contributed by atoms with van der Waals surface area (Å²) in [7, 11) is 0. The fraction of sp³-hybridized carbons (Fsp3) is 0.234. The summed E-state index contributed by atoms with van der Waals surface area (Å²) in [6, 6.07) is 39.4. The molecule has 0 spiro atoms. The molecule has 7 heteroatoms. The van der Waals surface area contributed by atoms with Gasteiger partial charge in [-0.1, -0.05) is 67.2 Å². The van der Waals surface area contributed by atoms with Gasteiger partial charge < -0.3 is 25.0 Å². The van der Waals surface area contributed by atoms with Crippen molar-refractivity contribution in [2.45, 2.75) is 62.9 Å². The summed E-state index contributed by atoms with van der Waals surface area (Å²) in [5, 5.41) is 14.1. The summed E-state index contributed by atoms with van der Waals surface area (Å²) in [6.45, 7) is 4.91. The molecular weight excluding hydrogens is 671 g/mol. The number of phenolic OH excluding ortho intramolecular Hbond substituents is 1. The quantitative estimate of drug-likeness (QED) is 0.130. The number of phenols is 1. The lowest BCUT2D eigenvalue weighted by Gasteiger charge is -2.34. The van der Waals surface area contributed by atoms with Crippen molar-refractivity contribution in [2.75, 3.05) is 6.61 Å². The number of ether oxygens (including phenoxy) is 1. The van der Waals surface area contributed by atoms with E-state index in [1.165, 1.54) is 27.9 Å². The number of nitrogens with zero attached hydrogens (tertiary/aromatic N) is 1. The van der Waals surface area contributed by atoms with Crippen LogP contribution >= 0.6 is 0 Å². The molecule has 3 N–H and O–H groups in total. The van der Waals surface area contributed by atoms with E-state index in [2.05, 4.69) is 108 Å². The zero-order valence-corrected chi connectivity index (χ0v) is 30.2. The van der Waals surface area contributed by atoms with Gasteiger partial charge in [0.2, 0.25) is 5.91 Å². The molecule has 1 fully saturated rings. The van der Waals surface area contributed by atoms with Crippen molar-refractivity contribution in [2.24, 2.45) is 0 Å². The molecule has 2 aliphatic heterocycles. The number of benzene rings is 5. The zero-order valence-electron chi connectivity index (χ0n) is 30.2. The molecule has 0 radical (unpaired) electrons. The summed E-state index contributed by atoms with van der Waals surface area (Å²) < 4.78 is 6.22. The predicted molar refractivity (Wildman–Crippen MR) is 212 cm³/mol. The van der Waals surface area contributed by atoms with Crippen molar-refractivity contribution in [3.8, 4) is 22.6 Å². The molecular formula is C47H43N3O4. The number of carbonyl (C=O) groups excluding carboxylic acids is 2. The predicted octanol–water partition coefficient (Wildman–Crippen LogP) is 9.16. The Bertz CT molecular complexity index is 2400. The maximum absolute atomic E-state index is 13.2. The molecule has 7 nitrogen and oxygen atoms in total. The SMILES string of the molecule is C=C1CC[C@H](N2Cc3cc(-c4ccc5[nH]c(CCCOc6ccc([C@@H]7c8ccc(O)cc8CC[C@@H]7c7ccccc7)cc6)cc5c4)ccc3C2=O)C(=O)N1. The van der Waals surface area contributed by atoms with E-state index in [4.69, 9.17) is 4.74 Å². The van der Waals surface area contributed by atoms with Gasteiger partial charge in [-0.25, -0.2) is 0 Å². The van der Waals surface area contributed by atoms with Gasteiger partial charge >= 0.3 is 0 Å². The number of aromatic amines is 1. The number of fused-ring (bicyclic) bond motifs is 3. The molecule has 3 aliphatic rings. The molecule has 1 aromatic heterocycles. The minimum absolute atomic E-state index is 0.0823. The standard InChI is InChI=1S/C47H43N3O4/c1-29-9-22-44(46(52)48-29)50-28-36-25-32(12-19-42(36)47(50)53)33-14-21-43-35(24-33)26-37(49-43)8-5-23-54-39-16-10-31(11-17-39)45-40(30-6-3-2-4-7-30)18-13-34-27-38(51)15-20-41(34)45/h2-4,6-7,10-12,14-17,19-21,24-27,40,44-45,49,51H,1,5,8-9,13,18,22-23,28H2,(H,48,52)/t40-,44+,45+/m1/s1. The second kappa shape index (κ2) is 14.0. The minimum Gasteiger partial charge on any atom is -0.508 e. The highest BCUT2D eigenvalue weighted by molar-refractivity contribution is 6.02. The average Bonchev–Trinajstić information content (AvgIpc) is 3.75. The molecule has 2 amide bonds. The fourth-order valence-corrected chi connectivity index (χ4v) is 8.84. The number of nitrogens with one attached hydrogen (secondary N) is 2. The van der Waals surface area contributed by atoms with Gasteiger partial charge in [-0.05, 0) is 138 Å². The van der Waals surface area contributed by atoms with E-state index in [-0.39, 0.29) is 17.7 Å². The van der Waals surface area contributed by atoms with E-state index in [0.29, 0.717) is 48.9 Å². The number of hydrogen-bond acceptors (Lipinski definition) is 4. The van der Waals surface area contributed by atoms with Crippen LogP contribution in [-0.4, -0.2) is 39.5 Å². The Morgan fingerprint density at radius 1 is 0.796 bits per heavy atom. The molecule has 0 saturated carbocycles. The van der Waals surface area contributed by atoms with Crippen molar-refractivity contribution >= 4 is 22.7 Å². The zero-order chi connectivity index (χ0) is 36.8. The number of aromatic hydroxyl groups is 1. The molecule has 1 aliphatic carbocycles. The molecule has 54 heavy (non-hydrogen) atoms. The fourth-order valence-electron chi connectivity index (χ4n) is 8.84. The van der Waals surface area contributed by atoms with Gasteiger partial charge in [0, 0.05) is 40.3 Å². The summed E-state index contributed by atoms with van der Waals surface area (Å²) in [6.07, 6.45) is 5.01. The Labute approximate surface area is 315 Å². The van der Waals surface area contributed by atoms with E-state index in [1.54, 1.807) is 4.90 Å². The van der Waals surface area contributed by atoms with Gasteiger partial charge in [0.05, 0.1) is 6.61 Å². The van der Waals surface area contributed by atoms with Crippen LogP contribution in [0, 0.1) is 0 Å². The number of hydrogen-bond donors (Lipinski definition) is 3. The van der Waals surface area contributed by atoms with Gasteiger partial charge in [-0.3, -0.25) is 9.59 Å². The van der Waals surface area contributed by atoms with Crippen molar-refractivity contribution < 1.29 is 19.4 Å². The maximum Gasteiger partial charge on any atom is 0.255 e. The van der Waals surface area contributed by atoms with Crippen LogP contribution in [0.15, 0.2) is 128 Å². The lowest BCUT2D eigenvalue weighted by Crippen LogP contribution is -2.49. The first-order valence-electron chi connectivity index (χ1n) is 19.0. The maximum atomic E-state index is 13.2. The van der Waals surface area contributed by atoms with E-state index in [1.807, 2.05) is 24.3 Å². The molecule has 1 saturated heterocycles. The lowest BCUT2D eigenvalue weighted by molar-refractivity contribution is -0.126. The second-order valence-electron chi connectivity index (χ2n) is 15.0. The summed E-state index contributed by atoms with van der Waals surface area (Å²) in [4.78, 5) is 31.1.